The van der Waals surface area contributed by atoms with E-state index in [1.807, 2.05) is 0 Å². The molecule has 1 aromatic carbocycles. The van der Waals surface area contributed by atoms with Crippen molar-refractivity contribution in [1.82, 2.24) is 19.0 Å². The molecule has 2 heterocycles. The molecule has 0 N–H and O–H groups in total. The predicted molar refractivity (Wildman–Crippen MR) is 121 cm³/mol. The number of sulfonamides is 1. The Morgan fingerprint density at radius 1 is 1.25 bits per heavy atom. The Hall–Kier alpha value is -2.26. The predicted octanol–water partition coefficient (Wildman–Crippen LogP) is 2.06. The highest BCUT2D eigenvalue weighted by Gasteiger charge is 2.34. The summed E-state index contributed by atoms with van der Waals surface area (Å²) in [5.41, 5.74) is -0.154. The van der Waals surface area contributed by atoms with E-state index in [1.165, 1.54) is 46.8 Å². The molecule has 0 radical (unpaired) electrons. The Kier molecular flexibility index (Phi) is 6.40. The first-order valence-electron chi connectivity index (χ1n) is 10.0. The molecule has 14 heteroatoms. The quantitative estimate of drug-likeness (QED) is 0.323. The van der Waals surface area contributed by atoms with E-state index in [1.54, 1.807) is 9.58 Å². The van der Waals surface area contributed by atoms with Gasteiger partial charge in [0.2, 0.25) is 21.1 Å². The highest BCUT2D eigenvalue weighted by Crippen LogP contribution is 2.33. The van der Waals surface area contributed by atoms with Gasteiger partial charge in [-0.3, -0.25) is 24.7 Å². The SMILES string of the molecule is CC(=O)N(c1nn(CN2CCN(S(=O)(=O)c3ccc([N+](=O)[O-])cc3)CC2)c(=S)s1)C1CC1. The first kappa shape index (κ1) is 22.9. The number of hydrogen-bond acceptors (Lipinski definition) is 9. The molecule has 2 aromatic rings. The molecule has 1 aliphatic carbocycles. The summed E-state index contributed by atoms with van der Waals surface area (Å²) in [6.07, 6.45) is 1.94. The summed E-state index contributed by atoms with van der Waals surface area (Å²) in [6, 6.07) is 5.11. The minimum atomic E-state index is -3.73. The zero-order valence-corrected chi connectivity index (χ0v) is 19.7. The number of nitrogens with zero attached hydrogens (tertiary/aromatic N) is 6. The molecule has 2 fully saturated rings. The van der Waals surface area contributed by atoms with Crippen LogP contribution in [0.3, 0.4) is 0 Å². The summed E-state index contributed by atoms with van der Waals surface area (Å²) in [5.74, 6) is -0.0477. The van der Waals surface area contributed by atoms with Crippen LogP contribution in [0.5, 0.6) is 0 Å². The van der Waals surface area contributed by atoms with Crippen molar-refractivity contribution in [2.75, 3.05) is 31.1 Å². The number of aromatic nitrogens is 2. The third kappa shape index (κ3) is 4.73. The number of non-ortho nitro benzene ring substituents is 1. The number of piperazine rings is 1. The fourth-order valence-corrected chi connectivity index (χ4v) is 6.17. The van der Waals surface area contributed by atoms with Crippen molar-refractivity contribution in [2.24, 2.45) is 0 Å². The van der Waals surface area contributed by atoms with Crippen LogP contribution >= 0.6 is 23.6 Å². The van der Waals surface area contributed by atoms with Crippen LogP contribution in [0.15, 0.2) is 29.2 Å². The van der Waals surface area contributed by atoms with Crippen LogP contribution in [0.1, 0.15) is 19.8 Å². The summed E-state index contributed by atoms with van der Waals surface area (Å²) in [4.78, 5) is 26.0. The van der Waals surface area contributed by atoms with Gasteiger partial charge in [-0.25, -0.2) is 13.1 Å². The Morgan fingerprint density at radius 3 is 2.41 bits per heavy atom. The highest BCUT2D eigenvalue weighted by molar-refractivity contribution is 7.89. The summed E-state index contributed by atoms with van der Waals surface area (Å²) in [7, 11) is -3.73. The second-order valence-corrected chi connectivity index (χ2v) is 11.2. The van der Waals surface area contributed by atoms with Crippen LogP contribution in [-0.4, -0.2) is 70.5 Å². The second kappa shape index (κ2) is 8.94. The van der Waals surface area contributed by atoms with E-state index < -0.39 is 14.9 Å². The molecule has 1 aliphatic heterocycles. The Labute approximate surface area is 194 Å². The normalized spacial score (nSPS) is 17.9. The van der Waals surface area contributed by atoms with Crippen molar-refractivity contribution in [3.05, 3.63) is 38.3 Å². The van der Waals surface area contributed by atoms with Gasteiger partial charge < -0.3 is 0 Å². The third-order valence-electron chi connectivity index (χ3n) is 5.40. The lowest BCUT2D eigenvalue weighted by Gasteiger charge is -2.33. The van der Waals surface area contributed by atoms with Crippen LogP contribution < -0.4 is 4.90 Å². The fraction of sp³-hybridized carbons (Fsp3) is 0.500. The van der Waals surface area contributed by atoms with Gasteiger partial charge in [0.25, 0.3) is 5.69 Å². The van der Waals surface area contributed by atoms with Gasteiger partial charge in [-0.15, -0.1) is 5.10 Å². The zero-order chi connectivity index (χ0) is 23.0. The van der Waals surface area contributed by atoms with Crippen LogP contribution in [0, 0.1) is 14.1 Å². The van der Waals surface area contributed by atoms with Crippen LogP contribution in [0.2, 0.25) is 0 Å². The maximum absolute atomic E-state index is 12.9. The number of amides is 1. The Balaban J connectivity index is 1.39. The molecule has 172 valence electrons. The zero-order valence-electron chi connectivity index (χ0n) is 17.3. The molecule has 2 aliphatic rings. The molecular formula is C18H22N6O5S3. The van der Waals surface area contributed by atoms with Gasteiger partial charge in [0, 0.05) is 51.3 Å². The smallest absolute Gasteiger partial charge is 0.269 e. The Morgan fingerprint density at radius 2 is 1.88 bits per heavy atom. The minimum Gasteiger partial charge on any atom is -0.284 e. The van der Waals surface area contributed by atoms with E-state index in [-0.39, 0.29) is 35.6 Å². The third-order valence-corrected chi connectivity index (χ3v) is 8.62. The van der Waals surface area contributed by atoms with Gasteiger partial charge in [0.15, 0.2) is 3.95 Å². The lowest BCUT2D eigenvalue weighted by molar-refractivity contribution is -0.384. The van der Waals surface area contributed by atoms with Gasteiger partial charge in [0.1, 0.15) is 0 Å². The lowest BCUT2D eigenvalue weighted by Crippen LogP contribution is -2.48. The van der Waals surface area contributed by atoms with Crippen molar-refractivity contribution >= 4 is 50.3 Å². The molecule has 11 nitrogen and oxygen atoms in total. The van der Waals surface area contributed by atoms with Crippen LogP contribution in [-0.2, 0) is 21.5 Å². The number of anilines is 1. The van der Waals surface area contributed by atoms with Gasteiger partial charge in [-0.05, 0) is 37.2 Å². The van der Waals surface area contributed by atoms with Crippen molar-refractivity contribution in [3.63, 3.8) is 0 Å². The largest absolute Gasteiger partial charge is 0.284 e. The monoisotopic (exact) mass is 498 g/mol. The highest BCUT2D eigenvalue weighted by atomic mass is 32.2. The number of nitro groups is 1. The van der Waals surface area contributed by atoms with E-state index in [4.69, 9.17) is 12.2 Å². The summed E-state index contributed by atoms with van der Waals surface area (Å²) in [6.45, 7) is 3.48. The standard InChI is InChI=1S/C18H22N6O5S3/c1-13(25)23(14-2-3-14)17-19-22(18(30)31-17)12-20-8-10-21(11-9-20)32(28,29)16-6-4-15(5-7-16)24(26)27/h4-7,14H,2-3,8-12H2,1H3. The molecule has 1 aromatic heterocycles. The molecule has 0 spiro atoms. The number of nitro benzene ring substituents is 1. The first-order chi connectivity index (χ1) is 15.2. The van der Waals surface area contributed by atoms with Crippen LogP contribution in [0.25, 0.3) is 0 Å². The number of carbonyl (C=O) groups excluding carboxylic acids is 1. The Bertz CT molecular complexity index is 1180. The van der Waals surface area contributed by atoms with Gasteiger partial charge in [-0.1, -0.05) is 11.3 Å². The van der Waals surface area contributed by atoms with Gasteiger partial charge in [0.05, 0.1) is 16.5 Å². The average Bonchev–Trinajstić information content (AvgIpc) is 3.52. The lowest BCUT2D eigenvalue weighted by atomic mass is 10.3. The summed E-state index contributed by atoms with van der Waals surface area (Å²) in [5, 5.41) is 15.9. The molecule has 32 heavy (non-hydrogen) atoms. The van der Waals surface area contributed by atoms with Crippen molar-refractivity contribution in [1.29, 1.82) is 0 Å². The minimum absolute atomic E-state index is 0.0345. The molecule has 0 atom stereocenters. The van der Waals surface area contributed by atoms with Crippen molar-refractivity contribution in [2.45, 2.75) is 37.4 Å². The topological polar surface area (TPSA) is 122 Å². The second-order valence-electron chi connectivity index (χ2n) is 7.68. The van der Waals surface area contributed by atoms with E-state index in [9.17, 15) is 23.3 Å². The fourth-order valence-electron chi connectivity index (χ4n) is 3.55. The number of hydrogen-bond donors (Lipinski definition) is 0. The maximum atomic E-state index is 12.9. The van der Waals surface area contributed by atoms with Gasteiger partial charge >= 0.3 is 0 Å². The summed E-state index contributed by atoms with van der Waals surface area (Å²) >= 11 is 6.73. The van der Waals surface area contributed by atoms with Crippen molar-refractivity contribution < 1.29 is 18.1 Å². The van der Waals surface area contributed by atoms with E-state index >= 15 is 0 Å². The molecule has 1 saturated carbocycles. The van der Waals surface area contributed by atoms with Crippen LogP contribution in [0.4, 0.5) is 10.8 Å². The molecule has 1 amide bonds. The van der Waals surface area contributed by atoms with E-state index in [2.05, 4.69) is 10.00 Å². The molecule has 0 unspecified atom stereocenters. The summed E-state index contributed by atoms with van der Waals surface area (Å²) < 4.78 is 29.3. The molecule has 0 bridgehead atoms. The molecular weight excluding hydrogens is 476 g/mol. The van der Waals surface area contributed by atoms with Gasteiger partial charge in [-0.2, -0.15) is 4.31 Å². The molecule has 1 saturated heterocycles. The first-order valence-corrected chi connectivity index (χ1v) is 12.7. The number of carbonyl (C=O) groups is 1. The van der Waals surface area contributed by atoms with E-state index in [0.717, 1.165) is 12.8 Å². The van der Waals surface area contributed by atoms with E-state index in [0.29, 0.717) is 28.8 Å². The molecule has 4 rings (SSSR count). The maximum Gasteiger partial charge on any atom is 0.269 e. The number of benzene rings is 1. The number of rotatable bonds is 7. The average molecular weight is 499 g/mol. The van der Waals surface area contributed by atoms with Crippen molar-refractivity contribution in [3.8, 4) is 0 Å².